The summed E-state index contributed by atoms with van der Waals surface area (Å²) in [5.41, 5.74) is 3.64. The van der Waals surface area contributed by atoms with Crippen LogP contribution >= 0.6 is 22.7 Å². The first-order valence-electron chi connectivity index (χ1n) is 8.81. The molecule has 3 aliphatic rings. The van der Waals surface area contributed by atoms with Gasteiger partial charge in [-0.3, -0.25) is 9.69 Å². The Labute approximate surface area is 155 Å². The van der Waals surface area contributed by atoms with Crippen LogP contribution in [0.2, 0.25) is 0 Å². The van der Waals surface area contributed by atoms with Crippen molar-refractivity contribution in [1.82, 2.24) is 15.2 Å². The largest absolute Gasteiger partial charge is 0.370 e. The van der Waals surface area contributed by atoms with Crippen molar-refractivity contribution >= 4 is 28.6 Å². The lowest BCUT2D eigenvalue weighted by Gasteiger charge is -2.29. The summed E-state index contributed by atoms with van der Waals surface area (Å²) in [6.07, 6.45) is 2.60. The summed E-state index contributed by atoms with van der Waals surface area (Å²) in [5.74, 6) is 0.885. The van der Waals surface area contributed by atoms with Crippen molar-refractivity contribution in [2.75, 3.05) is 19.6 Å². The molecule has 5 rings (SSSR count). The zero-order valence-electron chi connectivity index (χ0n) is 13.9. The fourth-order valence-electron chi connectivity index (χ4n) is 4.95. The zero-order valence-corrected chi connectivity index (χ0v) is 15.5. The summed E-state index contributed by atoms with van der Waals surface area (Å²) in [5, 5.41) is 9.26. The Balaban J connectivity index is 1.26. The van der Waals surface area contributed by atoms with E-state index in [9.17, 15) is 4.79 Å². The van der Waals surface area contributed by atoms with Crippen LogP contribution in [0.1, 0.15) is 28.9 Å². The average Bonchev–Trinajstić information content (AvgIpc) is 3.38. The molecule has 5 nitrogen and oxygen atoms in total. The third-order valence-electron chi connectivity index (χ3n) is 6.00. The van der Waals surface area contributed by atoms with E-state index in [1.165, 1.54) is 23.3 Å². The summed E-state index contributed by atoms with van der Waals surface area (Å²) >= 11 is 3.21. The second-order valence-electron chi connectivity index (χ2n) is 7.42. The zero-order chi connectivity index (χ0) is 16.9. The molecule has 25 heavy (non-hydrogen) atoms. The van der Waals surface area contributed by atoms with Crippen LogP contribution in [0.4, 0.5) is 0 Å². The Bertz CT molecular complexity index is 748. The summed E-state index contributed by atoms with van der Waals surface area (Å²) < 4.78 is 6.46. The lowest BCUT2D eigenvalue weighted by Crippen LogP contribution is -2.42. The van der Waals surface area contributed by atoms with Crippen LogP contribution in [0.25, 0.3) is 0 Å². The van der Waals surface area contributed by atoms with Gasteiger partial charge in [0.25, 0.3) is 5.91 Å². The molecule has 1 spiro atoms. The first-order valence-corrected chi connectivity index (χ1v) is 10.7. The maximum Gasteiger partial charge on any atom is 0.270 e. The number of fused-ring (bicyclic) bond motifs is 1. The number of carbonyl (C=O) groups is 1. The number of hydrogen-bond donors (Lipinski definition) is 1. The third-order valence-corrected chi connectivity index (χ3v) is 7.32. The van der Waals surface area contributed by atoms with Gasteiger partial charge < -0.3 is 10.1 Å². The van der Waals surface area contributed by atoms with Gasteiger partial charge >= 0.3 is 0 Å². The van der Waals surface area contributed by atoms with E-state index in [1.807, 2.05) is 0 Å². The molecule has 0 saturated carbocycles. The molecule has 3 saturated heterocycles. The van der Waals surface area contributed by atoms with Crippen LogP contribution in [0.5, 0.6) is 0 Å². The highest BCUT2D eigenvalue weighted by molar-refractivity contribution is 7.08. The molecule has 0 aromatic carbocycles. The number of nitrogens with one attached hydrogen (secondary N) is 1. The quantitative estimate of drug-likeness (QED) is 0.873. The lowest BCUT2D eigenvalue weighted by atomic mass is 9.73. The Morgan fingerprint density at radius 3 is 3.20 bits per heavy atom. The maximum atomic E-state index is 12.2. The molecule has 4 atom stereocenters. The van der Waals surface area contributed by atoms with E-state index in [0.29, 0.717) is 30.2 Å². The molecule has 7 heteroatoms. The smallest absolute Gasteiger partial charge is 0.270 e. The van der Waals surface area contributed by atoms with Gasteiger partial charge in [0.15, 0.2) is 0 Å². The number of rotatable bonds is 5. The standard InChI is InChI=1S/C18H21N3O2S2/c22-17(15-9-25-11-20-15)19-5-13-14-7-21(6-12-2-4-24-8-12)10-18(14)3-1-16(13)23-18/h2,4,8-9,11,13-14,16H,1,3,5-7,10H2,(H,19,22)/t13-,14+,16+,18+/m0/s1. The molecule has 2 aromatic rings. The molecular formula is C18H21N3O2S2. The molecular weight excluding hydrogens is 354 g/mol. The molecule has 0 radical (unpaired) electrons. The van der Waals surface area contributed by atoms with E-state index < -0.39 is 0 Å². The molecule has 3 fully saturated rings. The van der Waals surface area contributed by atoms with Gasteiger partial charge in [0.2, 0.25) is 0 Å². The molecule has 0 unspecified atom stereocenters. The van der Waals surface area contributed by atoms with Crippen molar-refractivity contribution in [2.24, 2.45) is 11.8 Å². The third kappa shape index (κ3) is 2.73. The predicted octanol–water partition coefficient (Wildman–Crippen LogP) is 2.61. The highest BCUT2D eigenvalue weighted by Gasteiger charge is 2.62. The number of amides is 1. The van der Waals surface area contributed by atoms with E-state index in [2.05, 4.69) is 32.0 Å². The minimum Gasteiger partial charge on any atom is -0.370 e. The van der Waals surface area contributed by atoms with Gasteiger partial charge in [0.05, 0.1) is 17.2 Å². The van der Waals surface area contributed by atoms with E-state index in [4.69, 9.17) is 4.74 Å². The van der Waals surface area contributed by atoms with Crippen LogP contribution in [-0.2, 0) is 11.3 Å². The molecule has 2 aromatic heterocycles. The number of likely N-dealkylation sites (tertiary alicyclic amines) is 1. The molecule has 132 valence electrons. The number of hydrogen-bond acceptors (Lipinski definition) is 6. The van der Waals surface area contributed by atoms with Crippen molar-refractivity contribution < 1.29 is 9.53 Å². The van der Waals surface area contributed by atoms with E-state index in [-0.39, 0.29) is 11.5 Å². The topological polar surface area (TPSA) is 54.5 Å². The van der Waals surface area contributed by atoms with E-state index >= 15 is 0 Å². The van der Waals surface area contributed by atoms with Gasteiger partial charge in [-0.25, -0.2) is 4.98 Å². The summed E-state index contributed by atoms with van der Waals surface area (Å²) in [6.45, 7) is 3.80. The summed E-state index contributed by atoms with van der Waals surface area (Å²) in [7, 11) is 0. The van der Waals surface area contributed by atoms with Crippen LogP contribution in [-0.4, -0.2) is 47.1 Å². The number of ether oxygens (including phenoxy) is 1. The number of thiazole rings is 1. The molecule has 3 aliphatic heterocycles. The van der Waals surface area contributed by atoms with Crippen LogP contribution in [0, 0.1) is 11.8 Å². The van der Waals surface area contributed by atoms with Gasteiger partial charge in [-0.15, -0.1) is 11.3 Å². The Hall–Kier alpha value is -1.28. The second-order valence-corrected chi connectivity index (χ2v) is 8.91. The fraction of sp³-hybridized carbons (Fsp3) is 0.556. The predicted molar refractivity (Wildman–Crippen MR) is 97.9 cm³/mol. The summed E-state index contributed by atoms with van der Waals surface area (Å²) in [6, 6.07) is 2.21. The molecule has 1 N–H and O–H groups in total. The first kappa shape index (κ1) is 15.9. The van der Waals surface area contributed by atoms with Crippen molar-refractivity contribution in [3.63, 3.8) is 0 Å². The maximum absolute atomic E-state index is 12.2. The van der Waals surface area contributed by atoms with Crippen LogP contribution < -0.4 is 5.32 Å². The molecule has 2 bridgehead atoms. The Morgan fingerprint density at radius 2 is 2.40 bits per heavy atom. The van der Waals surface area contributed by atoms with Crippen LogP contribution in [0.3, 0.4) is 0 Å². The lowest BCUT2D eigenvalue weighted by molar-refractivity contribution is 0.00213. The molecule has 5 heterocycles. The van der Waals surface area contributed by atoms with Crippen LogP contribution in [0.15, 0.2) is 27.7 Å². The van der Waals surface area contributed by atoms with Gasteiger partial charge in [-0.1, -0.05) is 0 Å². The Kier molecular flexibility index (Phi) is 3.93. The monoisotopic (exact) mass is 375 g/mol. The number of thiophene rings is 1. The first-order chi connectivity index (χ1) is 12.2. The van der Waals surface area contributed by atoms with Gasteiger partial charge in [0.1, 0.15) is 5.69 Å². The van der Waals surface area contributed by atoms with Gasteiger partial charge in [-0.2, -0.15) is 11.3 Å². The second kappa shape index (κ2) is 6.16. The Morgan fingerprint density at radius 1 is 1.44 bits per heavy atom. The minimum atomic E-state index is -0.0637. The fourth-order valence-corrected chi connectivity index (χ4v) is 6.14. The number of aromatic nitrogens is 1. The van der Waals surface area contributed by atoms with Gasteiger partial charge in [0, 0.05) is 43.4 Å². The normalized spacial score (nSPS) is 33.7. The molecule has 0 aliphatic carbocycles. The number of nitrogens with zero attached hydrogens (tertiary/aromatic N) is 2. The van der Waals surface area contributed by atoms with Gasteiger partial charge in [-0.05, 0) is 35.2 Å². The van der Waals surface area contributed by atoms with E-state index in [1.54, 1.807) is 22.2 Å². The van der Waals surface area contributed by atoms with Crippen molar-refractivity contribution in [1.29, 1.82) is 0 Å². The van der Waals surface area contributed by atoms with Crippen molar-refractivity contribution in [2.45, 2.75) is 31.1 Å². The minimum absolute atomic E-state index is 0.0245. The highest BCUT2D eigenvalue weighted by Crippen LogP contribution is 2.54. The van der Waals surface area contributed by atoms with Crippen molar-refractivity contribution in [3.05, 3.63) is 39.0 Å². The number of carbonyl (C=O) groups excluding carboxylic acids is 1. The molecule has 1 amide bonds. The summed E-state index contributed by atoms with van der Waals surface area (Å²) in [4.78, 5) is 18.8. The van der Waals surface area contributed by atoms with E-state index in [0.717, 1.165) is 26.1 Å². The average molecular weight is 376 g/mol. The SMILES string of the molecule is O=C(NC[C@H]1[C@H]2CN(Cc3ccsc3)C[C@]23CC[C@H]1O3)c1cscn1. The van der Waals surface area contributed by atoms with Crippen molar-refractivity contribution in [3.8, 4) is 0 Å². The highest BCUT2D eigenvalue weighted by atomic mass is 32.1.